The fourth-order valence-electron chi connectivity index (χ4n) is 2.86. The molecule has 23 heavy (non-hydrogen) atoms. The molecule has 0 unspecified atom stereocenters. The van der Waals surface area contributed by atoms with Crippen LogP contribution in [-0.4, -0.2) is 50.7 Å². The number of anilines is 2. The van der Waals surface area contributed by atoms with Crippen molar-refractivity contribution in [3.63, 3.8) is 0 Å². The molecule has 1 fully saturated rings. The number of halogens is 1. The van der Waals surface area contributed by atoms with Gasteiger partial charge >= 0.3 is 5.97 Å². The van der Waals surface area contributed by atoms with Gasteiger partial charge in [-0.15, -0.1) is 0 Å². The Balaban J connectivity index is 1.81. The molecule has 1 saturated heterocycles. The third-order valence-electron chi connectivity index (χ3n) is 4.24. The quantitative estimate of drug-likeness (QED) is 0.865. The zero-order valence-electron chi connectivity index (χ0n) is 12.6. The SMILES string of the molecule is CNc1nc(N2CCC(C(=O)O)(n3ccnc3)CC2)ncc1F. The van der Waals surface area contributed by atoms with Gasteiger partial charge in [-0.25, -0.2) is 19.2 Å². The smallest absolute Gasteiger partial charge is 0.330 e. The summed E-state index contributed by atoms with van der Waals surface area (Å²) in [5, 5.41) is 12.4. The Morgan fingerprint density at radius 2 is 2.17 bits per heavy atom. The van der Waals surface area contributed by atoms with Gasteiger partial charge in [-0.2, -0.15) is 4.98 Å². The van der Waals surface area contributed by atoms with Gasteiger partial charge in [-0.1, -0.05) is 0 Å². The zero-order chi connectivity index (χ0) is 16.4. The van der Waals surface area contributed by atoms with Crippen LogP contribution < -0.4 is 10.2 Å². The van der Waals surface area contributed by atoms with Crippen LogP contribution in [0.1, 0.15) is 12.8 Å². The summed E-state index contributed by atoms with van der Waals surface area (Å²) < 4.78 is 15.1. The van der Waals surface area contributed by atoms with Crippen molar-refractivity contribution in [3.05, 3.63) is 30.7 Å². The van der Waals surface area contributed by atoms with Gasteiger partial charge in [0.05, 0.1) is 12.5 Å². The predicted octanol–water partition coefficient (Wildman–Crippen LogP) is 0.934. The Morgan fingerprint density at radius 1 is 1.43 bits per heavy atom. The van der Waals surface area contributed by atoms with E-state index < -0.39 is 17.3 Å². The van der Waals surface area contributed by atoms with Gasteiger partial charge in [-0.05, 0) is 12.8 Å². The van der Waals surface area contributed by atoms with Crippen LogP contribution in [0.3, 0.4) is 0 Å². The van der Waals surface area contributed by atoms with Gasteiger partial charge in [0.1, 0.15) is 5.54 Å². The summed E-state index contributed by atoms with van der Waals surface area (Å²) >= 11 is 0. The minimum atomic E-state index is -1.02. The number of nitrogens with zero attached hydrogens (tertiary/aromatic N) is 5. The van der Waals surface area contributed by atoms with E-state index in [1.54, 1.807) is 24.0 Å². The molecule has 8 nitrogen and oxygen atoms in total. The highest BCUT2D eigenvalue weighted by molar-refractivity contribution is 5.77. The van der Waals surface area contributed by atoms with Crippen molar-refractivity contribution in [2.24, 2.45) is 0 Å². The molecule has 2 N–H and O–H groups in total. The highest BCUT2D eigenvalue weighted by Crippen LogP contribution is 2.32. The second-order valence-corrected chi connectivity index (χ2v) is 5.41. The lowest BCUT2D eigenvalue weighted by molar-refractivity contribution is -0.148. The van der Waals surface area contributed by atoms with Crippen LogP contribution >= 0.6 is 0 Å². The van der Waals surface area contributed by atoms with E-state index in [0.29, 0.717) is 31.9 Å². The number of carboxylic acids is 1. The number of piperidine rings is 1. The molecule has 3 rings (SSSR count). The fourth-order valence-corrected chi connectivity index (χ4v) is 2.86. The van der Waals surface area contributed by atoms with Crippen LogP contribution in [-0.2, 0) is 10.3 Å². The maximum atomic E-state index is 13.5. The van der Waals surface area contributed by atoms with E-state index in [0.717, 1.165) is 6.20 Å². The third-order valence-corrected chi connectivity index (χ3v) is 4.24. The molecule has 0 bridgehead atoms. The van der Waals surface area contributed by atoms with Gasteiger partial charge in [0.25, 0.3) is 0 Å². The van der Waals surface area contributed by atoms with Gasteiger partial charge in [-0.3, -0.25) is 0 Å². The minimum absolute atomic E-state index is 0.125. The molecule has 0 atom stereocenters. The third kappa shape index (κ3) is 2.58. The fraction of sp³-hybridized carbons (Fsp3) is 0.429. The summed E-state index contributed by atoms with van der Waals surface area (Å²) in [4.78, 5) is 25.7. The number of aromatic nitrogens is 4. The number of hydrogen-bond donors (Lipinski definition) is 2. The van der Waals surface area contributed by atoms with Crippen LogP contribution in [0.25, 0.3) is 0 Å². The Hall–Kier alpha value is -2.71. The maximum Gasteiger partial charge on any atom is 0.330 e. The van der Waals surface area contributed by atoms with Crippen molar-refractivity contribution in [3.8, 4) is 0 Å². The molecule has 9 heteroatoms. The number of carboxylic acid groups (broad SMARTS) is 1. The molecule has 2 aromatic rings. The molecule has 0 saturated carbocycles. The van der Waals surface area contributed by atoms with Gasteiger partial charge in [0.15, 0.2) is 11.6 Å². The van der Waals surface area contributed by atoms with E-state index in [9.17, 15) is 14.3 Å². The topological polar surface area (TPSA) is 96.2 Å². The average Bonchev–Trinajstić information content (AvgIpc) is 3.10. The molecule has 1 aliphatic heterocycles. The molecule has 0 spiro atoms. The lowest BCUT2D eigenvalue weighted by atomic mass is 9.87. The van der Waals surface area contributed by atoms with Crippen molar-refractivity contribution in [2.45, 2.75) is 18.4 Å². The highest BCUT2D eigenvalue weighted by Gasteiger charge is 2.43. The number of hydrogen-bond acceptors (Lipinski definition) is 6. The highest BCUT2D eigenvalue weighted by atomic mass is 19.1. The number of nitrogens with one attached hydrogen (secondary N) is 1. The molecule has 3 heterocycles. The Bertz CT molecular complexity index is 697. The van der Waals surface area contributed by atoms with Crippen LogP contribution in [0.4, 0.5) is 16.2 Å². The number of rotatable bonds is 4. The molecular weight excluding hydrogens is 303 g/mol. The van der Waals surface area contributed by atoms with Gasteiger partial charge in [0, 0.05) is 32.5 Å². The summed E-state index contributed by atoms with van der Waals surface area (Å²) in [6.07, 6.45) is 6.64. The van der Waals surface area contributed by atoms with Crippen molar-refractivity contribution in [1.29, 1.82) is 0 Å². The van der Waals surface area contributed by atoms with Gasteiger partial charge in [0.2, 0.25) is 5.95 Å². The average molecular weight is 320 g/mol. The van der Waals surface area contributed by atoms with Crippen molar-refractivity contribution < 1.29 is 14.3 Å². The predicted molar refractivity (Wildman–Crippen MR) is 80.8 cm³/mol. The Kier molecular flexibility index (Phi) is 3.85. The largest absolute Gasteiger partial charge is 0.479 e. The monoisotopic (exact) mass is 320 g/mol. The maximum absolute atomic E-state index is 13.5. The molecule has 2 aromatic heterocycles. The molecule has 0 aromatic carbocycles. The molecular formula is C14H17FN6O2. The van der Waals surface area contributed by atoms with Crippen LogP contribution in [0, 0.1) is 5.82 Å². The van der Waals surface area contributed by atoms with Crippen molar-refractivity contribution in [1.82, 2.24) is 19.5 Å². The molecule has 1 aliphatic rings. The molecule has 122 valence electrons. The van der Waals surface area contributed by atoms with E-state index >= 15 is 0 Å². The standard InChI is InChI=1S/C14H17FN6O2/c1-16-11-10(15)8-18-13(19-11)20-5-2-14(3-6-20,12(22)23)21-7-4-17-9-21/h4,7-9H,2-3,5-6H2,1H3,(H,22,23)(H,16,18,19). The van der Waals surface area contributed by atoms with Crippen LogP contribution in [0.2, 0.25) is 0 Å². The first-order valence-corrected chi connectivity index (χ1v) is 7.24. The summed E-state index contributed by atoms with van der Waals surface area (Å²) in [6.45, 7) is 0.915. The first-order valence-electron chi connectivity index (χ1n) is 7.24. The molecule has 0 amide bonds. The van der Waals surface area contributed by atoms with Gasteiger partial charge < -0.3 is 19.9 Å². The summed E-state index contributed by atoms with van der Waals surface area (Å²) in [6, 6.07) is 0. The summed E-state index contributed by atoms with van der Waals surface area (Å²) in [5.41, 5.74) is -1.02. The lowest BCUT2D eigenvalue weighted by Crippen LogP contribution is -2.51. The first-order chi connectivity index (χ1) is 11.1. The van der Waals surface area contributed by atoms with Crippen molar-refractivity contribution in [2.75, 3.05) is 30.4 Å². The lowest BCUT2D eigenvalue weighted by Gasteiger charge is -2.39. The number of imidazole rings is 1. The van der Waals surface area contributed by atoms with E-state index in [1.165, 1.54) is 6.33 Å². The minimum Gasteiger partial charge on any atom is -0.479 e. The zero-order valence-corrected chi connectivity index (χ0v) is 12.6. The Labute approximate surface area is 132 Å². The first kappa shape index (κ1) is 15.2. The van der Waals surface area contributed by atoms with E-state index in [4.69, 9.17) is 0 Å². The van der Waals surface area contributed by atoms with Crippen LogP contribution in [0.15, 0.2) is 24.9 Å². The molecule has 0 radical (unpaired) electrons. The Morgan fingerprint density at radius 3 is 2.74 bits per heavy atom. The van der Waals surface area contributed by atoms with E-state index in [1.807, 2.05) is 4.90 Å². The summed E-state index contributed by atoms with van der Waals surface area (Å²) in [5.74, 6) is -0.891. The summed E-state index contributed by atoms with van der Waals surface area (Å²) in [7, 11) is 1.58. The molecule has 0 aliphatic carbocycles. The second kappa shape index (κ2) is 5.82. The van der Waals surface area contributed by atoms with Crippen LogP contribution in [0.5, 0.6) is 0 Å². The number of carbonyl (C=O) groups is 1. The van der Waals surface area contributed by atoms with Crippen molar-refractivity contribution >= 4 is 17.7 Å². The number of aliphatic carboxylic acids is 1. The second-order valence-electron chi connectivity index (χ2n) is 5.41. The van der Waals surface area contributed by atoms with E-state index in [-0.39, 0.29) is 5.82 Å². The normalized spacial score (nSPS) is 17.0. The van der Waals surface area contributed by atoms with E-state index in [2.05, 4.69) is 20.3 Å².